The lowest BCUT2D eigenvalue weighted by Crippen LogP contribution is -2.43. The van der Waals surface area contributed by atoms with Gasteiger partial charge in [0.15, 0.2) is 0 Å². The smallest absolute Gasteiger partial charge is 0.0900 e. The molecule has 2 aliphatic carbocycles. The Balaban J connectivity index is 1.32. The van der Waals surface area contributed by atoms with Crippen molar-refractivity contribution in [1.82, 2.24) is 4.90 Å². The van der Waals surface area contributed by atoms with Crippen LogP contribution >= 0.6 is 0 Å². The molecule has 2 saturated carbocycles. The molecule has 0 amide bonds. The number of piperidine rings is 1. The number of likely N-dealkylation sites (tertiary alicyclic amines) is 1. The number of aliphatic hydroxyl groups excluding tert-OH is 1. The van der Waals surface area contributed by atoms with E-state index in [-0.39, 0.29) is 6.10 Å². The van der Waals surface area contributed by atoms with Crippen molar-refractivity contribution in [2.75, 3.05) is 32.8 Å². The zero-order chi connectivity index (χ0) is 14.8. The van der Waals surface area contributed by atoms with Gasteiger partial charge in [-0.25, -0.2) is 0 Å². The van der Waals surface area contributed by atoms with Gasteiger partial charge < -0.3 is 14.7 Å². The van der Waals surface area contributed by atoms with Crippen molar-refractivity contribution in [3.05, 3.63) is 0 Å². The summed E-state index contributed by atoms with van der Waals surface area (Å²) >= 11 is 0. The highest BCUT2D eigenvalue weighted by molar-refractivity contribution is 4.89. The minimum atomic E-state index is -0.318. The summed E-state index contributed by atoms with van der Waals surface area (Å²) in [5.41, 5.74) is 0. The average Bonchev–Trinajstić information content (AvgIpc) is 2.99. The van der Waals surface area contributed by atoms with Crippen LogP contribution in [-0.4, -0.2) is 49.0 Å². The quantitative estimate of drug-likeness (QED) is 0.818. The van der Waals surface area contributed by atoms with Gasteiger partial charge in [-0.15, -0.1) is 0 Å². The Bertz CT molecular complexity index is 325. The van der Waals surface area contributed by atoms with Gasteiger partial charge in [-0.05, 0) is 55.3 Å². The van der Waals surface area contributed by atoms with Gasteiger partial charge in [0.2, 0.25) is 0 Å². The summed E-state index contributed by atoms with van der Waals surface area (Å²) in [6, 6.07) is 0. The average molecular weight is 295 g/mol. The van der Waals surface area contributed by atoms with Gasteiger partial charge in [-0.1, -0.05) is 20.3 Å². The molecule has 0 radical (unpaired) electrons. The third kappa shape index (κ3) is 4.20. The molecule has 2 bridgehead atoms. The SMILES string of the molecule is C[C@@H]1C[C@H](C)CN(C[C@@H](O)COC[C@H]2C[C@H]3CC[C@H]2C3)C1. The van der Waals surface area contributed by atoms with Gasteiger partial charge in [-0.2, -0.15) is 0 Å². The van der Waals surface area contributed by atoms with Crippen LogP contribution in [0, 0.1) is 29.6 Å². The van der Waals surface area contributed by atoms with Gasteiger partial charge >= 0.3 is 0 Å². The monoisotopic (exact) mass is 295 g/mol. The molecule has 122 valence electrons. The molecule has 3 heteroatoms. The first-order chi connectivity index (χ1) is 10.1. The van der Waals surface area contributed by atoms with E-state index in [1.807, 2.05) is 0 Å². The lowest BCUT2D eigenvalue weighted by molar-refractivity contribution is -0.0105. The zero-order valence-electron chi connectivity index (χ0n) is 13.8. The summed E-state index contributed by atoms with van der Waals surface area (Å²) in [6.07, 6.45) is 6.70. The molecule has 0 aromatic heterocycles. The molecule has 0 unspecified atom stereocenters. The van der Waals surface area contributed by atoms with Crippen LogP contribution in [0.2, 0.25) is 0 Å². The fraction of sp³-hybridized carbons (Fsp3) is 1.00. The van der Waals surface area contributed by atoms with E-state index in [0.717, 1.165) is 55.8 Å². The lowest BCUT2D eigenvalue weighted by Gasteiger charge is -2.36. The molecule has 3 nitrogen and oxygen atoms in total. The summed E-state index contributed by atoms with van der Waals surface area (Å²) in [4.78, 5) is 2.42. The van der Waals surface area contributed by atoms with Crippen LogP contribution in [0.15, 0.2) is 0 Å². The van der Waals surface area contributed by atoms with Gasteiger partial charge in [0.25, 0.3) is 0 Å². The van der Waals surface area contributed by atoms with E-state index >= 15 is 0 Å². The summed E-state index contributed by atoms with van der Waals surface area (Å²) in [5, 5.41) is 10.2. The number of hydrogen-bond acceptors (Lipinski definition) is 3. The maximum absolute atomic E-state index is 10.2. The lowest BCUT2D eigenvalue weighted by atomic mass is 9.89. The predicted octanol–water partition coefficient (Wildman–Crippen LogP) is 2.78. The Hall–Kier alpha value is -0.120. The van der Waals surface area contributed by atoms with Crippen LogP contribution in [0.25, 0.3) is 0 Å². The van der Waals surface area contributed by atoms with E-state index in [0.29, 0.717) is 6.61 Å². The van der Waals surface area contributed by atoms with Gasteiger partial charge in [0.1, 0.15) is 0 Å². The Morgan fingerprint density at radius 3 is 2.48 bits per heavy atom. The molecule has 0 aromatic carbocycles. The molecule has 0 spiro atoms. The van der Waals surface area contributed by atoms with E-state index in [1.165, 1.54) is 32.1 Å². The highest BCUT2D eigenvalue weighted by Crippen LogP contribution is 2.48. The van der Waals surface area contributed by atoms with E-state index in [4.69, 9.17) is 4.74 Å². The van der Waals surface area contributed by atoms with Crippen LogP contribution in [0.5, 0.6) is 0 Å². The highest BCUT2D eigenvalue weighted by atomic mass is 16.5. The van der Waals surface area contributed by atoms with Crippen molar-refractivity contribution >= 4 is 0 Å². The van der Waals surface area contributed by atoms with Crippen molar-refractivity contribution in [1.29, 1.82) is 0 Å². The summed E-state index contributed by atoms with van der Waals surface area (Å²) in [7, 11) is 0. The zero-order valence-corrected chi connectivity index (χ0v) is 13.8. The number of ether oxygens (including phenoxy) is 1. The molecule has 0 aromatic rings. The summed E-state index contributed by atoms with van der Waals surface area (Å²) in [6.45, 7) is 9.09. The third-order valence-electron chi connectivity index (χ3n) is 5.94. The summed E-state index contributed by atoms with van der Waals surface area (Å²) < 4.78 is 5.85. The first-order valence-corrected chi connectivity index (χ1v) is 9.08. The van der Waals surface area contributed by atoms with Crippen molar-refractivity contribution < 1.29 is 9.84 Å². The topological polar surface area (TPSA) is 32.7 Å². The van der Waals surface area contributed by atoms with Gasteiger partial charge in [-0.3, -0.25) is 0 Å². The molecule has 21 heavy (non-hydrogen) atoms. The first-order valence-electron chi connectivity index (χ1n) is 9.08. The second-order valence-corrected chi connectivity index (χ2v) is 8.29. The maximum Gasteiger partial charge on any atom is 0.0900 e. The molecule has 1 aliphatic heterocycles. The van der Waals surface area contributed by atoms with Crippen LogP contribution < -0.4 is 0 Å². The number of hydrogen-bond donors (Lipinski definition) is 1. The second-order valence-electron chi connectivity index (χ2n) is 8.29. The highest BCUT2D eigenvalue weighted by Gasteiger charge is 2.39. The van der Waals surface area contributed by atoms with E-state index in [1.54, 1.807) is 0 Å². The third-order valence-corrected chi connectivity index (χ3v) is 5.94. The van der Waals surface area contributed by atoms with Crippen molar-refractivity contribution in [2.45, 2.75) is 52.1 Å². The Morgan fingerprint density at radius 2 is 1.86 bits per heavy atom. The molecule has 1 heterocycles. The van der Waals surface area contributed by atoms with Gasteiger partial charge in [0.05, 0.1) is 12.7 Å². The number of rotatable bonds is 6. The fourth-order valence-corrected chi connectivity index (χ4v) is 5.23. The van der Waals surface area contributed by atoms with E-state index in [9.17, 15) is 5.11 Å². The molecule has 3 aliphatic rings. The van der Waals surface area contributed by atoms with Gasteiger partial charge in [0, 0.05) is 26.2 Å². The first kappa shape index (κ1) is 15.8. The summed E-state index contributed by atoms with van der Waals surface area (Å²) in [5.74, 6) is 4.22. The minimum Gasteiger partial charge on any atom is -0.389 e. The van der Waals surface area contributed by atoms with Crippen molar-refractivity contribution in [3.63, 3.8) is 0 Å². The predicted molar refractivity (Wildman–Crippen MR) is 85.1 cm³/mol. The van der Waals surface area contributed by atoms with Crippen LogP contribution in [0.4, 0.5) is 0 Å². The van der Waals surface area contributed by atoms with Crippen molar-refractivity contribution in [3.8, 4) is 0 Å². The van der Waals surface area contributed by atoms with Crippen LogP contribution in [-0.2, 0) is 4.74 Å². The van der Waals surface area contributed by atoms with Crippen molar-refractivity contribution in [2.24, 2.45) is 29.6 Å². The number of β-amino-alcohol motifs (C(OH)–C–C–N with tert-alkyl or cyclic N) is 1. The van der Waals surface area contributed by atoms with E-state index in [2.05, 4.69) is 18.7 Å². The Kier molecular flexibility index (Phi) is 5.23. The standard InChI is InChI=1S/C18H33NO2/c1-13-5-14(2)9-19(8-13)10-18(20)12-21-11-17-7-15-3-4-16(17)6-15/h13-18,20H,3-12H2,1-2H3/t13-,14+,15-,16-,17+,18+/m0/s1. The normalized spacial score (nSPS) is 41.6. The second kappa shape index (κ2) is 6.97. The Labute approximate surface area is 130 Å². The molecule has 3 fully saturated rings. The fourth-order valence-electron chi connectivity index (χ4n) is 5.23. The van der Waals surface area contributed by atoms with Crippen LogP contribution in [0.3, 0.4) is 0 Å². The molecular formula is C18H33NO2. The molecule has 1 saturated heterocycles. The number of nitrogens with zero attached hydrogens (tertiary/aromatic N) is 1. The number of aliphatic hydroxyl groups is 1. The molecule has 6 atom stereocenters. The minimum absolute atomic E-state index is 0.318. The maximum atomic E-state index is 10.2. The number of fused-ring (bicyclic) bond motifs is 2. The van der Waals surface area contributed by atoms with E-state index < -0.39 is 0 Å². The largest absolute Gasteiger partial charge is 0.389 e. The molecular weight excluding hydrogens is 262 g/mol. The molecule has 1 N–H and O–H groups in total. The molecule has 3 rings (SSSR count). The van der Waals surface area contributed by atoms with Crippen LogP contribution in [0.1, 0.15) is 46.0 Å². The Morgan fingerprint density at radius 1 is 1.10 bits per heavy atom.